The molecule has 1 N–H and O–H groups in total. The van der Waals surface area contributed by atoms with Crippen LogP contribution in [0, 0.1) is 0 Å². The van der Waals surface area contributed by atoms with Crippen molar-refractivity contribution in [3.8, 4) is 5.75 Å². The molecule has 0 spiro atoms. The number of halogens is 3. The second kappa shape index (κ2) is 8.33. The van der Waals surface area contributed by atoms with E-state index in [0.29, 0.717) is 5.69 Å². The number of nitrogens with one attached hydrogen (secondary N) is 1. The number of hydrogen-bond donors (Lipinski definition) is 1. The zero-order valence-corrected chi connectivity index (χ0v) is 14.8. The van der Waals surface area contributed by atoms with Crippen LogP contribution in [-0.4, -0.2) is 25.4 Å². The highest BCUT2D eigenvalue weighted by Crippen LogP contribution is 2.24. The molecule has 0 saturated carbocycles. The second-order valence-electron chi connectivity index (χ2n) is 6.47. The van der Waals surface area contributed by atoms with E-state index in [2.05, 4.69) is 15.0 Å². The number of anilines is 2. The fraction of sp³-hybridized carbons (Fsp3) is 0.350. The van der Waals surface area contributed by atoms with Gasteiger partial charge in [0.15, 0.2) is 0 Å². The number of benzene rings is 2. The SMILES string of the molecule is O=C(Nc1ccc(N2CCCCCC2)cc1)c1ccc(OC(F)(F)F)cc1. The van der Waals surface area contributed by atoms with E-state index in [-0.39, 0.29) is 11.3 Å². The van der Waals surface area contributed by atoms with Gasteiger partial charge in [0, 0.05) is 30.0 Å². The molecule has 0 radical (unpaired) electrons. The van der Waals surface area contributed by atoms with Crippen LogP contribution in [0.25, 0.3) is 0 Å². The van der Waals surface area contributed by atoms with Gasteiger partial charge in [-0.05, 0) is 61.4 Å². The lowest BCUT2D eigenvalue weighted by atomic mass is 10.2. The van der Waals surface area contributed by atoms with E-state index in [1.54, 1.807) is 0 Å². The fourth-order valence-electron chi connectivity index (χ4n) is 3.10. The highest BCUT2D eigenvalue weighted by atomic mass is 19.4. The summed E-state index contributed by atoms with van der Waals surface area (Å²) in [6.07, 6.45) is 0.146. The lowest BCUT2D eigenvalue weighted by molar-refractivity contribution is -0.274. The average molecular weight is 378 g/mol. The van der Waals surface area contributed by atoms with Gasteiger partial charge in [0.2, 0.25) is 0 Å². The molecule has 4 nitrogen and oxygen atoms in total. The Bertz CT molecular complexity index is 750. The zero-order valence-electron chi connectivity index (χ0n) is 14.8. The smallest absolute Gasteiger partial charge is 0.406 e. The number of nitrogens with zero attached hydrogens (tertiary/aromatic N) is 1. The molecule has 3 rings (SSSR count). The van der Waals surface area contributed by atoms with E-state index in [9.17, 15) is 18.0 Å². The van der Waals surface area contributed by atoms with Crippen molar-refractivity contribution in [1.82, 2.24) is 0 Å². The van der Waals surface area contributed by atoms with E-state index in [1.165, 1.54) is 37.8 Å². The maximum absolute atomic E-state index is 12.3. The third-order valence-corrected chi connectivity index (χ3v) is 4.45. The van der Waals surface area contributed by atoms with E-state index in [4.69, 9.17) is 0 Å². The minimum atomic E-state index is -4.75. The first-order valence-electron chi connectivity index (χ1n) is 8.93. The van der Waals surface area contributed by atoms with Gasteiger partial charge in [-0.15, -0.1) is 13.2 Å². The van der Waals surface area contributed by atoms with Crippen LogP contribution in [-0.2, 0) is 0 Å². The lowest BCUT2D eigenvalue weighted by Crippen LogP contribution is -2.23. The van der Waals surface area contributed by atoms with Crippen molar-refractivity contribution in [3.63, 3.8) is 0 Å². The second-order valence-corrected chi connectivity index (χ2v) is 6.47. The largest absolute Gasteiger partial charge is 0.573 e. The van der Waals surface area contributed by atoms with Crippen LogP contribution in [0.4, 0.5) is 24.5 Å². The number of alkyl halides is 3. The van der Waals surface area contributed by atoms with Crippen molar-refractivity contribution in [1.29, 1.82) is 0 Å². The van der Waals surface area contributed by atoms with E-state index in [1.807, 2.05) is 24.3 Å². The summed E-state index contributed by atoms with van der Waals surface area (Å²) in [6.45, 7) is 2.08. The van der Waals surface area contributed by atoms with Crippen LogP contribution >= 0.6 is 0 Å². The molecule has 2 aromatic carbocycles. The van der Waals surface area contributed by atoms with Crippen molar-refractivity contribution < 1.29 is 22.7 Å². The van der Waals surface area contributed by atoms with Gasteiger partial charge >= 0.3 is 6.36 Å². The molecule has 7 heteroatoms. The normalized spacial score (nSPS) is 15.1. The molecule has 27 heavy (non-hydrogen) atoms. The van der Waals surface area contributed by atoms with Gasteiger partial charge in [-0.2, -0.15) is 0 Å². The van der Waals surface area contributed by atoms with Crippen LogP contribution < -0.4 is 15.0 Å². The van der Waals surface area contributed by atoms with Crippen LogP contribution in [0.3, 0.4) is 0 Å². The molecule has 144 valence electrons. The maximum Gasteiger partial charge on any atom is 0.573 e. The molecular weight excluding hydrogens is 357 g/mol. The number of ether oxygens (including phenoxy) is 1. The third kappa shape index (κ3) is 5.64. The fourth-order valence-corrected chi connectivity index (χ4v) is 3.10. The number of carbonyl (C=O) groups excluding carboxylic acids is 1. The Labute approximate surface area is 155 Å². The highest BCUT2D eigenvalue weighted by Gasteiger charge is 2.31. The van der Waals surface area contributed by atoms with E-state index in [0.717, 1.165) is 30.9 Å². The van der Waals surface area contributed by atoms with Crippen molar-refractivity contribution in [2.24, 2.45) is 0 Å². The lowest BCUT2D eigenvalue weighted by Gasteiger charge is -2.22. The van der Waals surface area contributed by atoms with Crippen molar-refractivity contribution in [2.45, 2.75) is 32.0 Å². The molecule has 1 saturated heterocycles. The van der Waals surface area contributed by atoms with Crippen molar-refractivity contribution in [2.75, 3.05) is 23.3 Å². The first-order valence-corrected chi connectivity index (χ1v) is 8.93. The van der Waals surface area contributed by atoms with Crippen LogP contribution in [0.1, 0.15) is 36.0 Å². The van der Waals surface area contributed by atoms with Gasteiger partial charge in [0.1, 0.15) is 5.75 Å². The molecule has 1 amide bonds. The quantitative estimate of drug-likeness (QED) is 0.793. The molecule has 2 aromatic rings. The zero-order chi connectivity index (χ0) is 19.3. The highest BCUT2D eigenvalue weighted by molar-refractivity contribution is 6.04. The molecule has 0 aromatic heterocycles. The van der Waals surface area contributed by atoms with Gasteiger partial charge in [0.05, 0.1) is 0 Å². The Kier molecular flexibility index (Phi) is 5.88. The monoisotopic (exact) mass is 378 g/mol. The number of rotatable bonds is 4. The molecule has 1 fully saturated rings. The van der Waals surface area contributed by atoms with Crippen molar-refractivity contribution in [3.05, 3.63) is 54.1 Å². The summed E-state index contributed by atoms with van der Waals surface area (Å²) in [6, 6.07) is 12.4. The number of hydrogen-bond acceptors (Lipinski definition) is 3. The van der Waals surface area contributed by atoms with Gasteiger partial charge < -0.3 is 15.0 Å². The number of amides is 1. The van der Waals surface area contributed by atoms with E-state index >= 15 is 0 Å². The van der Waals surface area contributed by atoms with Crippen molar-refractivity contribution >= 4 is 17.3 Å². The minimum absolute atomic E-state index is 0.251. The Morgan fingerprint density at radius 2 is 1.48 bits per heavy atom. The van der Waals surface area contributed by atoms with E-state index < -0.39 is 12.3 Å². The molecule has 0 bridgehead atoms. The first-order chi connectivity index (χ1) is 12.9. The minimum Gasteiger partial charge on any atom is -0.406 e. The molecule has 1 aliphatic rings. The predicted octanol–water partition coefficient (Wildman–Crippen LogP) is 5.22. The molecule has 0 atom stereocenters. The molecule has 1 aliphatic heterocycles. The topological polar surface area (TPSA) is 41.6 Å². The standard InChI is InChI=1S/C20H21F3N2O2/c21-20(22,23)27-18-11-5-15(6-12-18)19(26)24-16-7-9-17(10-8-16)25-13-3-1-2-4-14-25/h5-12H,1-4,13-14H2,(H,24,26). The van der Waals surface area contributed by atoms with Crippen LogP contribution in [0.15, 0.2) is 48.5 Å². The van der Waals surface area contributed by atoms with Gasteiger partial charge in [-0.1, -0.05) is 12.8 Å². The van der Waals surface area contributed by atoms with Gasteiger partial charge in [-0.3, -0.25) is 4.79 Å². The molecule has 1 heterocycles. The Morgan fingerprint density at radius 3 is 2.04 bits per heavy atom. The van der Waals surface area contributed by atoms with Crippen LogP contribution in [0.2, 0.25) is 0 Å². The Morgan fingerprint density at radius 1 is 0.889 bits per heavy atom. The summed E-state index contributed by atoms with van der Waals surface area (Å²) >= 11 is 0. The summed E-state index contributed by atoms with van der Waals surface area (Å²) < 4.78 is 40.3. The Hall–Kier alpha value is -2.70. The average Bonchev–Trinajstić information content (AvgIpc) is 2.91. The molecule has 0 unspecified atom stereocenters. The summed E-state index contributed by atoms with van der Waals surface area (Å²) in [7, 11) is 0. The summed E-state index contributed by atoms with van der Waals surface area (Å²) in [4.78, 5) is 14.6. The van der Waals surface area contributed by atoms with Gasteiger partial charge in [0.25, 0.3) is 5.91 Å². The summed E-state index contributed by atoms with van der Waals surface area (Å²) in [5, 5.41) is 2.75. The number of carbonyl (C=O) groups is 1. The summed E-state index contributed by atoms with van der Waals surface area (Å²) in [5.74, 6) is -0.753. The molecular formula is C20H21F3N2O2. The van der Waals surface area contributed by atoms with Crippen LogP contribution in [0.5, 0.6) is 5.75 Å². The Balaban J connectivity index is 1.60. The molecule has 0 aliphatic carbocycles. The first kappa shape index (κ1) is 19.1. The maximum atomic E-state index is 12.3. The third-order valence-electron chi connectivity index (χ3n) is 4.45. The summed E-state index contributed by atoms with van der Waals surface area (Å²) in [5.41, 5.74) is 2.01. The van der Waals surface area contributed by atoms with Gasteiger partial charge in [-0.25, -0.2) is 0 Å². The predicted molar refractivity (Wildman–Crippen MR) is 98.2 cm³/mol.